The van der Waals surface area contributed by atoms with Crippen molar-refractivity contribution in [1.29, 1.82) is 0 Å². The van der Waals surface area contributed by atoms with Gasteiger partial charge >= 0.3 is 5.97 Å². The summed E-state index contributed by atoms with van der Waals surface area (Å²) in [5.41, 5.74) is 21.1. The first-order valence-corrected chi connectivity index (χ1v) is 9.28. The van der Waals surface area contributed by atoms with Gasteiger partial charge in [0, 0.05) is 13.0 Å². The topological polar surface area (TPSA) is 278 Å². The molecule has 0 aliphatic carbocycles. The number of guanidine groups is 1. The van der Waals surface area contributed by atoms with Crippen LogP contribution in [0.4, 0.5) is 0 Å². The second-order valence-electron chi connectivity index (χ2n) is 6.48. The number of rotatable bonds is 15. The van der Waals surface area contributed by atoms with Gasteiger partial charge in [-0.1, -0.05) is 0 Å². The zero-order valence-corrected chi connectivity index (χ0v) is 16.9. The van der Waals surface area contributed by atoms with E-state index in [0.717, 1.165) is 0 Å². The summed E-state index contributed by atoms with van der Waals surface area (Å²) in [6.45, 7) is -1.26. The molecule has 4 amide bonds. The Hall–Kier alpha value is -3.46. The number of amides is 4. The third-order valence-corrected chi connectivity index (χ3v) is 3.86. The highest BCUT2D eigenvalue weighted by atomic mass is 16.4. The van der Waals surface area contributed by atoms with E-state index < -0.39 is 60.9 Å². The molecule has 0 aliphatic rings. The smallest absolute Gasteiger partial charge is 0.328 e. The van der Waals surface area contributed by atoms with Gasteiger partial charge in [-0.25, -0.2) is 4.79 Å². The monoisotopic (exact) mass is 446 g/mol. The average molecular weight is 446 g/mol. The van der Waals surface area contributed by atoms with Crippen LogP contribution in [0.25, 0.3) is 0 Å². The van der Waals surface area contributed by atoms with Crippen molar-refractivity contribution in [2.45, 2.75) is 43.8 Å². The average Bonchev–Trinajstić information content (AvgIpc) is 2.69. The van der Waals surface area contributed by atoms with E-state index in [0.29, 0.717) is 6.42 Å². The number of aliphatic carboxylic acids is 1. The lowest BCUT2D eigenvalue weighted by Crippen LogP contribution is -2.53. The lowest BCUT2D eigenvalue weighted by atomic mass is 10.1. The van der Waals surface area contributed by atoms with Gasteiger partial charge < -0.3 is 49.1 Å². The summed E-state index contributed by atoms with van der Waals surface area (Å²) >= 11 is 0. The molecular weight excluding hydrogens is 416 g/mol. The minimum absolute atomic E-state index is 0.0242. The molecule has 0 saturated heterocycles. The summed E-state index contributed by atoms with van der Waals surface area (Å²) in [6.07, 6.45) is 0.243. The Balaban J connectivity index is 4.92. The van der Waals surface area contributed by atoms with Crippen LogP contribution in [0, 0.1) is 0 Å². The molecule has 0 radical (unpaired) electrons. The van der Waals surface area contributed by atoms with Gasteiger partial charge in [0.15, 0.2) is 5.96 Å². The summed E-state index contributed by atoms with van der Waals surface area (Å²) in [4.78, 5) is 61.8. The summed E-state index contributed by atoms with van der Waals surface area (Å²) in [6, 6.07) is -3.73. The van der Waals surface area contributed by atoms with Gasteiger partial charge in [0.1, 0.15) is 12.1 Å². The van der Waals surface area contributed by atoms with Crippen molar-refractivity contribution in [2.75, 3.05) is 19.7 Å². The Kier molecular flexibility index (Phi) is 12.9. The van der Waals surface area contributed by atoms with E-state index in [-0.39, 0.29) is 31.8 Å². The van der Waals surface area contributed by atoms with Crippen molar-refractivity contribution in [2.24, 2.45) is 27.9 Å². The van der Waals surface area contributed by atoms with E-state index in [4.69, 9.17) is 33.1 Å². The van der Waals surface area contributed by atoms with E-state index in [1.807, 2.05) is 5.32 Å². The fourth-order valence-electron chi connectivity index (χ4n) is 2.20. The van der Waals surface area contributed by atoms with Crippen molar-refractivity contribution in [1.82, 2.24) is 16.0 Å². The molecule has 0 aromatic heterocycles. The van der Waals surface area contributed by atoms with Crippen LogP contribution >= 0.6 is 0 Å². The van der Waals surface area contributed by atoms with Crippen molar-refractivity contribution in [3.63, 3.8) is 0 Å². The molecular formula is C16H30N8O7. The summed E-state index contributed by atoms with van der Waals surface area (Å²) in [5, 5.41) is 24.4. The van der Waals surface area contributed by atoms with E-state index in [9.17, 15) is 24.0 Å². The first kappa shape index (κ1) is 27.5. The number of aliphatic imine (C=N–C) groups is 1. The maximum absolute atomic E-state index is 12.4. The Morgan fingerprint density at radius 2 is 1.58 bits per heavy atom. The van der Waals surface area contributed by atoms with Crippen LogP contribution in [0.1, 0.15) is 25.7 Å². The molecule has 0 fully saturated rings. The SMILES string of the molecule is NC(=O)CCC(N)C(=O)NC(CCCN=C(N)N)C(=O)NCC(=O)NC(CO)C(=O)O. The van der Waals surface area contributed by atoms with Crippen LogP contribution in [-0.2, 0) is 24.0 Å². The third kappa shape index (κ3) is 12.7. The van der Waals surface area contributed by atoms with Gasteiger partial charge in [0.05, 0.1) is 19.2 Å². The maximum atomic E-state index is 12.4. The molecule has 0 bridgehead atoms. The lowest BCUT2D eigenvalue weighted by molar-refractivity contribution is -0.142. The van der Waals surface area contributed by atoms with Crippen LogP contribution in [-0.4, -0.2) is 83.6 Å². The van der Waals surface area contributed by atoms with Crippen molar-refractivity contribution >= 4 is 35.6 Å². The molecule has 0 heterocycles. The highest BCUT2D eigenvalue weighted by molar-refractivity contribution is 5.92. The number of carbonyl (C=O) groups is 5. The molecule has 0 saturated carbocycles. The highest BCUT2D eigenvalue weighted by Gasteiger charge is 2.25. The van der Waals surface area contributed by atoms with Gasteiger partial charge in [-0.15, -0.1) is 0 Å². The van der Waals surface area contributed by atoms with Gasteiger partial charge in [-0.3, -0.25) is 24.2 Å². The number of nitrogens with zero attached hydrogens (tertiary/aromatic N) is 1. The maximum Gasteiger partial charge on any atom is 0.328 e. The van der Waals surface area contributed by atoms with Crippen molar-refractivity contribution in [3.8, 4) is 0 Å². The Bertz CT molecular complexity index is 681. The number of nitrogens with two attached hydrogens (primary N) is 4. The van der Waals surface area contributed by atoms with E-state index in [2.05, 4.69) is 15.6 Å². The second-order valence-corrected chi connectivity index (χ2v) is 6.48. The first-order chi connectivity index (χ1) is 14.5. The summed E-state index contributed by atoms with van der Waals surface area (Å²) < 4.78 is 0. The van der Waals surface area contributed by atoms with Crippen molar-refractivity contribution < 1.29 is 34.2 Å². The molecule has 15 heteroatoms. The van der Waals surface area contributed by atoms with Crippen molar-refractivity contribution in [3.05, 3.63) is 0 Å². The third-order valence-electron chi connectivity index (χ3n) is 3.86. The second kappa shape index (κ2) is 14.5. The Labute approximate surface area is 178 Å². The number of aliphatic hydroxyl groups excluding tert-OH is 1. The lowest BCUT2D eigenvalue weighted by Gasteiger charge is -2.20. The normalized spacial score (nSPS) is 13.2. The minimum atomic E-state index is -1.53. The molecule has 3 atom stereocenters. The van der Waals surface area contributed by atoms with Crippen LogP contribution < -0.4 is 38.9 Å². The van der Waals surface area contributed by atoms with Gasteiger partial charge in [0.2, 0.25) is 23.6 Å². The molecule has 3 unspecified atom stereocenters. The fraction of sp³-hybridized carbons (Fsp3) is 0.625. The standard InChI is InChI=1S/C16H30N8O7/c17-8(3-4-11(18)26)13(28)24-9(2-1-5-21-16(19)20)14(29)22-6-12(27)23-10(7-25)15(30)31/h8-10,25H,1-7,17H2,(H2,18,26)(H,22,29)(H,23,27)(H,24,28)(H,30,31)(H4,19,20,21). The molecule has 0 rings (SSSR count). The number of hydrogen-bond donors (Lipinski definition) is 9. The molecule has 31 heavy (non-hydrogen) atoms. The molecule has 0 aromatic carbocycles. The Morgan fingerprint density at radius 1 is 0.935 bits per heavy atom. The number of carboxylic acid groups (broad SMARTS) is 1. The molecule has 0 spiro atoms. The summed E-state index contributed by atoms with van der Waals surface area (Å²) in [5.74, 6) is -4.55. The number of carboxylic acids is 1. The summed E-state index contributed by atoms with van der Waals surface area (Å²) in [7, 11) is 0. The number of carbonyl (C=O) groups excluding carboxylic acids is 4. The van der Waals surface area contributed by atoms with Crippen LogP contribution in [0.15, 0.2) is 4.99 Å². The van der Waals surface area contributed by atoms with Crippen LogP contribution in [0.3, 0.4) is 0 Å². The number of nitrogens with one attached hydrogen (secondary N) is 3. The molecule has 15 nitrogen and oxygen atoms in total. The largest absolute Gasteiger partial charge is 0.480 e. The molecule has 0 aromatic rings. The molecule has 13 N–H and O–H groups in total. The highest BCUT2D eigenvalue weighted by Crippen LogP contribution is 2.01. The van der Waals surface area contributed by atoms with Gasteiger partial charge in [0.25, 0.3) is 0 Å². The quantitative estimate of drug-likeness (QED) is 0.0654. The van der Waals surface area contributed by atoms with Crippen LogP contribution in [0.2, 0.25) is 0 Å². The minimum Gasteiger partial charge on any atom is -0.480 e. The molecule has 176 valence electrons. The predicted molar refractivity (Wildman–Crippen MR) is 108 cm³/mol. The first-order valence-electron chi connectivity index (χ1n) is 9.28. The Morgan fingerprint density at radius 3 is 2.10 bits per heavy atom. The zero-order chi connectivity index (χ0) is 24.0. The van der Waals surface area contributed by atoms with Crippen LogP contribution in [0.5, 0.6) is 0 Å². The predicted octanol–water partition coefficient (Wildman–Crippen LogP) is -5.20. The fourth-order valence-corrected chi connectivity index (χ4v) is 2.20. The van der Waals surface area contributed by atoms with E-state index >= 15 is 0 Å². The number of aliphatic hydroxyl groups is 1. The van der Waals surface area contributed by atoms with Gasteiger partial charge in [-0.2, -0.15) is 0 Å². The number of hydrogen-bond acceptors (Lipinski definition) is 8. The zero-order valence-electron chi connectivity index (χ0n) is 16.9. The number of primary amides is 1. The van der Waals surface area contributed by atoms with E-state index in [1.54, 1.807) is 0 Å². The van der Waals surface area contributed by atoms with Gasteiger partial charge in [-0.05, 0) is 19.3 Å². The molecule has 0 aliphatic heterocycles. The van der Waals surface area contributed by atoms with E-state index in [1.165, 1.54) is 0 Å².